The van der Waals surface area contributed by atoms with Crippen LogP contribution in [0.15, 0.2) is 158 Å². The molecule has 0 aliphatic carbocycles. The molecule has 0 fully saturated rings. The van der Waals surface area contributed by atoms with Crippen LogP contribution in [0.3, 0.4) is 0 Å². The Morgan fingerprint density at radius 2 is 0.808 bits per heavy atom. The number of aromatic nitrogens is 3. The smallest absolute Gasteiger partial charge is 0.165 e. The van der Waals surface area contributed by atoms with Crippen molar-refractivity contribution in [1.82, 2.24) is 15.0 Å². The van der Waals surface area contributed by atoms with E-state index in [1.54, 1.807) is 11.3 Å². The van der Waals surface area contributed by atoms with Crippen molar-refractivity contribution in [1.29, 1.82) is 0 Å². The van der Waals surface area contributed by atoms with Crippen LogP contribution in [0.1, 0.15) is 0 Å². The molecule has 0 atom stereocenters. The van der Waals surface area contributed by atoms with Crippen molar-refractivity contribution in [2.75, 3.05) is 0 Å². The first-order valence-electron chi connectivity index (χ1n) is 17.3. The normalized spacial score (nSPS) is 11.9. The SMILES string of the molecule is Clc1cc2sc3cc4ccccc4cc3c2cc1-c1nc(-c2ccc3c(ccc4ccccc43)c2)nc(-c2ccc3c(ccc4ccccc43)c2)n1. The monoisotopic (exact) mass is 699 g/mol. The Labute approximate surface area is 307 Å². The van der Waals surface area contributed by atoms with Crippen LogP contribution < -0.4 is 0 Å². The maximum Gasteiger partial charge on any atom is 0.165 e. The Bertz CT molecular complexity index is 3140. The van der Waals surface area contributed by atoms with E-state index >= 15 is 0 Å². The van der Waals surface area contributed by atoms with E-state index in [0.717, 1.165) is 37.5 Å². The second-order valence-corrected chi connectivity index (χ2v) is 14.9. The number of rotatable bonds is 3. The van der Waals surface area contributed by atoms with Crippen LogP contribution in [0, 0.1) is 0 Å². The average molecular weight is 700 g/mol. The molecular formula is C47H26ClN3S. The zero-order valence-electron chi connectivity index (χ0n) is 27.6. The Balaban J connectivity index is 1.14. The molecule has 11 aromatic rings. The molecule has 0 bridgehead atoms. The summed E-state index contributed by atoms with van der Waals surface area (Å²) in [5.41, 5.74) is 2.62. The highest BCUT2D eigenvalue weighted by molar-refractivity contribution is 7.26. The molecule has 52 heavy (non-hydrogen) atoms. The quantitative estimate of drug-likeness (QED) is 0.172. The van der Waals surface area contributed by atoms with E-state index in [-0.39, 0.29) is 0 Å². The van der Waals surface area contributed by atoms with Crippen LogP contribution in [-0.2, 0) is 0 Å². The molecule has 2 aromatic heterocycles. The van der Waals surface area contributed by atoms with Gasteiger partial charge in [-0.15, -0.1) is 11.3 Å². The van der Waals surface area contributed by atoms with Gasteiger partial charge in [0.05, 0.1) is 5.02 Å². The van der Waals surface area contributed by atoms with Gasteiger partial charge in [-0.1, -0.05) is 133 Å². The molecule has 0 saturated heterocycles. The minimum Gasteiger partial charge on any atom is -0.208 e. The number of thiophene rings is 1. The predicted molar refractivity (Wildman–Crippen MR) is 222 cm³/mol. The van der Waals surface area contributed by atoms with Crippen LogP contribution in [0.4, 0.5) is 0 Å². The van der Waals surface area contributed by atoms with Gasteiger partial charge >= 0.3 is 0 Å². The summed E-state index contributed by atoms with van der Waals surface area (Å²) in [6, 6.07) is 55.9. The lowest BCUT2D eigenvalue weighted by Gasteiger charge is -2.12. The highest BCUT2D eigenvalue weighted by Gasteiger charge is 2.18. The standard InChI is InChI=1S/C47H26ClN3S/c48-42-26-44-40(39-23-29-9-1-2-10-30(29)24-43(39)52-44)25-41(42)47-50-45(33-17-19-37-31(21-33)15-13-27-7-3-5-11-35(27)37)49-46(51-47)34-18-20-38-32(22-34)16-14-28-8-4-6-12-36(28)38/h1-26H. The molecule has 0 saturated carbocycles. The first-order chi connectivity index (χ1) is 25.6. The summed E-state index contributed by atoms with van der Waals surface area (Å²) < 4.78 is 2.36. The summed E-state index contributed by atoms with van der Waals surface area (Å²) in [6.07, 6.45) is 0. The molecule has 0 spiro atoms. The summed E-state index contributed by atoms with van der Waals surface area (Å²) in [5, 5.41) is 14.9. The molecule has 0 radical (unpaired) electrons. The molecule has 5 heteroatoms. The van der Waals surface area contributed by atoms with Crippen LogP contribution in [0.5, 0.6) is 0 Å². The van der Waals surface area contributed by atoms with E-state index in [1.807, 2.05) is 0 Å². The van der Waals surface area contributed by atoms with Crippen molar-refractivity contribution in [2.45, 2.75) is 0 Å². The summed E-state index contributed by atoms with van der Waals surface area (Å²) in [4.78, 5) is 15.4. The maximum atomic E-state index is 7.14. The summed E-state index contributed by atoms with van der Waals surface area (Å²) >= 11 is 8.90. The summed E-state index contributed by atoms with van der Waals surface area (Å²) in [5.74, 6) is 1.75. The fraction of sp³-hybridized carbons (Fsp3) is 0. The number of halogens is 1. The van der Waals surface area contributed by atoms with E-state index in [9.17, 15) is 0 Å². The van der Waals surface area contributed by atoms with E-state index in [4.69, 9.17) is 26.6 Å². The third kappa shape index (κ3) is 4.69. The fourth-order valence-corrected chi connectivity index (χ4v) is 9.18. The first-order valence-corrected chi connectivity index (χ1v) is 18.5. The van der Waals surface area contributed by atoms with E-state index < -0.39 is 0 Å². The van der Waals surface area contributed by atoms with E-state index in [1.165, 1.54) is 53.2 Å². The Morgan fingerprint density at radius 1 is 0.346 bits per heavy atom. The molecular weight excluding hydrogens is 674 g/mol. The van der Waals surface area contributed by atoms with Crippen molar-refractivity contribution < 1.29 is 0 Å². The number of fused-ring (bicyclic) bond motifs is 10. The van der Waals surface area contributed by atoms with Crippen LogP contribution in [0.2, 0.25) is 5.02 Å². The third-order valence-corrected chi connectivity index (χ3v) is 11.7. The zero-order valence-corrected chi connectivity index (χ0v) is 29.2. The average Bonchev–Trinajstić information content (AvgIpc) is 3.54. The molecule has 0 unspecified atom stereocenters. The largest absolute Gasteiger partial charge is 0.208 e. The van der Waals surface area contributed by atoms with Crippen molar-refractivity contribution in [3.8, 4) is 34.2 Å². The van der Waals surface area contributed by atoms with Gasteiger partial charge < -0.3 is 0 Å². The Kier molecular flexibility index (Phi) is 6.48. The van der Waals surface area contributed by atoms with Crippen molar-refractivity contribution in [3.63, 3.8) is 0 Å². The minimum atomic E-state index is 0.546. The third-order valence-electron chi connectivity index (χ3n) is 10.3. The van der Waals surface area contributed by atoms with Gasteiger partial charge in [0, 0.05) is 36.9 Å². The lowest BCUT2D eigenvalue weighted by atomic mass is 9.99. The zero-order chi connectivity index (χ0) is 34.3. The lowest BCUT2D eigenvalue weighted by molar-refractivity contribution is 1.08. The van der Waals surface area contributed by atoms with Crippen molar-refractivity contribution >= 4 is 97.0 Å². The van der Waals surface area contributed by atoms with Gasteiger partial charge in [0.1, 0.15) is 0 Å². The Hall–Kier alpha value is -6.20. The molecule has 3 nitrogen and oxygen atoms in total. The summed E-state index contributed by atoms with van der Waals surface area (Å²) in [6.45, 7) is 0. The molecule has 2 heterocycles. The second kappa shape index (κ2) is 11.4. The lowest BCUT2D eigenvalue weighted by Crippen LogP contribution is -2.00. The highest BCUT2D eigenvalue weighted by atomic mass is 35.5. The molecule has 0 aliphatic rings. The first kappa shape index (κ1) is 29.5. The van der Waals surface area contributed by atoms with E-state index in [2.05, 4.69) is 158 Å². The number of hydrogen-bond acceptors (Lipinski definition) is 4. The van der Waals surface area contributed by atoms with Gasteiger partial charge in [-0.2, -0.15) is 0 Å². The Morgan fingerprint density at radius 3 is 1.42 bits per heavy atom. The molecule has 0 N–H and O–H groups in total. The molecule has 0 aliphatic heterocycles. The molecule has 242 valence electrons. The molecule has 9 aromatic carbocycles. The number of benzene rings is 9. The van der Waals surface area contributed by atoms with Gasteiger partial charge in [-0.3, -0.25) is 0 Å². The van der Waals surface area contributed by atoms with Crippen molar-refractivity contribution in [3.05, 3.63) is 163 Å². The van der Waals surface area contributed by atoms with Gasteiger partial charge in [-0.05, 0) is 90.3 Å². The summed E-state index contributed by atoms with van der Waals surface area (Å²) in [7, 11) is 0. The van der Waals surface area contributed by atoms with E-state index in [0.29, 0.717) is 22.5 Å². The number of nitrogens with zero attached hydrogens (tertiary/aromatic N) is 3. The van der Waals surface area contributed by atoms with Gasteiger partial charge in [0.2, 0.25) is 0 Å². The maximum absolute atomic E-state index is 7.14. The van der Waals surface area contributed by atoms with Gasteiger partial charge in [0.15, 0.2) is 17.5 Å². The minimum absolute atomic E-state index is 0.546. The second-order valence-electron chi connectivity index (χ2n) is 13.4. The molecule has 0 amide bonds. The van der Waals surface area contributed by atoms with Gasteiger partial charge in [0.25, 0.3) is 0 Å². The van der Waals surface area contributed by atoms with Gasteiger partial charge in [-0.25, -0.2) is 15.0 Å². The van der Waals surface area contributed by atoms with Crippen LogP contribution >= 0.6 is 22.9 Å². The topological polar surface area (TPSA) is 38.7 Å². The fourth-order valence-electron chi connectivity index (χ4n) is 7.71. The molecule has 11 rings (SSSR count). The van der Waals surface area contributed by atoms with Crippen LogP contribution in [-0.4, -0.2) is 15.0 Å². The predicted octanol–water partition coefficient (Wildman–Crippen LogP) is 13.7. The highest BCUT2D eigenvalue weighted by Crippen LogP contribution is 2.42. The van der Waals surface area contributed by atoms with Crippen molar-refractivity contribution in [2.24, 2.45) is 0 Å². The van der Waals surface area contributed by atoms with Crippen LogP contribution in [0.25, 0.3) is 108 Å². The number of hydrogen-bond donors (Lipinski definition) is 0.